The molecule has 22 atom stereocenters. The molecule has 0 heterocycles. The molecule has 0 aliphatic heterocycles. The number of fused-ring (bicyclic) bond motifs is 10. The molecule has 7 aromatic rings. The highest BCUT2D eigenvalue weighted by Gasteiger charge is 2.56. The zero-order valence-electron chi connectivity index (χ0n) is 87.4. The van der Waals surface area contributed by atoms with E-state index in [1.807, 2.05) is 90.1 Å². The van der Waals surface area contributed by atoms with Crippen LogP contribution in [0.5, 0.6) is 40.2 Å². The van der Waals surface area contributed by atoms with Gasteiger partial charge in [0, 0.05) is 17.8 Å². The summed E-state index contributed by atoms with van der Waals surface area (Å²) in [5.41, 5.74) is 9.49. The van der Waals surface area contributed by atoms with E-state index in [4.69, 9.17) is 57.6 Å². The van der Waals surface area contributed by atoms with Crippen molar-refractivity contribution in [3.8, 4) is 40.2 Å². The van der Waals surface area contributed by atoms with Gasteiger partial charge in [-0.25, -0.2) is 0 Å². The lowest BCUT2D eigenvalue weighted by Gasteiger charge is -2.37. The Morgan fingerprint density at radius 1 is 0.256 bits per heavy atom. The van der Waals surface area contributed by atoms with Gasteiger partial charge in [-0.2, -0.15) is 0 Å². The number of aromatic hydroxyl groups is 2. The minimum Gasteiger partial charge on any atom is -0.508 e. The molecule has 7 aromatic carbocycles. The Bertz CT molecular complexity index is 4180. The Hall–Kier alpha value is -7.06. The van der Waals surface area contributed by atoms with Gasteiger partial charge in [-0.05, 0) is 376 Å². The molecule has 15 rings (SSSR count). The van der Waals surface area contributed by atoms with Crippen molar-refractivity contribution in [1.29, 1.82) is 0 Å². The van der Waals surface area contributed by atoms with Gasteiger partial charge in [-0.15, -0.1) is 0 Å². The summed E-state index contributed by atoms with van der Waals surface area (Å²) in [6.07, 6.45) is 36.1. The topological polar surface area (TPSA) is 133 Å². The van der Waals surface area contributed by atoms with Crippen LogP contribution < -0.4 is 23.7 Å². The van der Waals surface area contributed by atoms with Crippen molar-refractivity contribution >= 4 is 0 Å². The molecule has 2 N–H and O–H groups in total. The fourth-order valence-electron chi connectivity index (χ4n) is 21.5. The minimum atomic E-state index is -0.204. The van der Waals surface area contributed by atoms with Gasteiger partial charge in [0.25, 0.3) is 0 Å². The monoisotopic (exact) mass is 1830 g/mol. The molecule has 0 amide bonds. The van der Waals surface area contributed by atoms with E-state index in [1.165, 1.54) is 187 Å². The molecule has 740 valence electrons. The van der Waals surface area contributed by atoms with Gasteiger partial charge in [0.2, 0.25) is 18.9 Å². The van der Waals surface area contributed by atoms with Gasteiger partial charge in [0.15, 0.2) is 12.6 Å². The van der Waals surface area contributed by atoms with Crippen LogP contribution in [0.1, 0.15) is 420 Å². The fraction of sp³-hybridized carbons (Fsp3) is 0.653. The lowest BCUT2D eigenvalue weighted by Crippen LogP contribution is -2.39. The maximum Gasteiger partial charge on any atom is 0.202 e. The summed E-state index contributed by atoms with van der Waals surface area (Å²) in [4.78, 5) is 0. The molecule has 8 saturated carbocycles. The lowest BCUT2D eigenvalue weighted by molar-refractivity contribution is -0.173. The first kappa shape index (κ1) is 110. The summed E-state index contributed by atoms with van der Waals surface area (Å²) in [6, 6.07) is 57.5. The van der Waals surface area contributed by atoms with E-state index < -0.39 is 0 Å². The first-order chi connectivity index (χ1) is 63.9. The van der Waals surface area contributed by atoms with Crippen LogP contribution in [0, 0.1) is 65.1 Å². The van der Waals surface area contributed by atoms with Gasteiger partial charge in [-0.1, -0.05) is 261 Å². The largest absolute Gasteiger partial charge is 0.508 e. The molecule has 8 aliphatic carbocycles. The molecule has 0 spiro atoms. The van der Waals surface area contributed by atoms with Gasteiger partial charge in [0.1, 0.15) is 40.2 Å². The highest BCUT2D eigenvalue weighted by atomic mass is 16.7. The second kappa shape index (κ2) is 56.7. The van der Waals surface area contributed by atoms with Crippen LogP contribution in [0.3, 0.4) is 0 Å². The predicted molar refractivity (Wildman–Crippen MR) is 553 cm³/mol. The summed E-state index contributed by atoms with van der Waals surface area (Å²) in [5.74, 6) is 18.2. The van der Waals surface area contributed by atoms with Crippen molar-refractivity contribution in [2.75, 3.05) is 0 Å². The van der Waals surface area contributed by atoms with Crippen molar-refractivity contribution < 1.29 is 57.6 Å². The molecule has 0 aromatic heterocycles. The van der Waals surface area contributed by atoms with Crippen LogP contribution in [0.15, 0.2) is 170 Å². The second-order valence-electron chi connectivity index (χ2n) is 42.3. The van der Waals surface area contributed by atoms with Gasteiger partial charge < -0.3 is 57.6 Å². The Morgan fingerprint density at radius 3 is 0.865 bits per heavy atom. The number of hydrogen-bond acceptors (Lipinski definition) is 12. The molecule has 0 radical (unpaired) electrons. The van der Waals surface area contributed by atoms with Crippen molar-refractivity contribution in [2.24, 2.45) is 65.1 Å². The molecular formula is C121H184O12. The molecule has 133 heavy (non-hydrogen) atoms. The van der Waals surface area contributed by atoms with E-state index in [0.717, 1.165) is 102 Å². The molecule has 12 nitrogen and oxygen atoms in total. The van der Waals surface area contributed by atoms with Crippen LogP contribution in [-0.2, 0) is 23.7 Å². The fourth-order valence-corrected chi connectivity index (χ4v) is 21.5. The van der Waals surface area contributed by atoms with Crippen LogP contribution in [0.4, 0.5) is 0 Å². The summed E-state index contributed by atoms with van der Waals surface area (Å²) in [6.45, 7) is 51.8. The summed E-state index contributed by atoms with van der Waals surface area (Å²) in [5, 5.41) is 18.0. The lowest BCUT2D eigenvalue weighted by atomic mass is 9.80. The van der Waals surface area contributed by atoms with Gasteiger partial charge >= 0.3 is 0 Å². The number of phenolic OH excluding ortho intramolecular Hbond substituents is 2. The average Bonchev–Trinajstić information content (AvgIpc) is 1.60. The van der Waals surface area contributed by atoms with E-state index in [2.05, 4.69) is 222 Å². The Morgan fingerprint density at radius 2 is 0.541 bits per heavy atom. The molecule has 12 heteroatoms. The highest BCUT2D eigenvalue weighted by Crippen LogP contribution is 2.61. The van der Waals surface area contributed by atoms with Crippen molar-refractivity contribution in [3.63, 3.8) is 0 Å². The minimum absolute atomic E-state index is 0.0473. The third-order valence-corrected chi connectivity index (χ3v) is 31.1. The van der Waals surface area contributed by atoms with Gasteiger partial charge in [-0.3, -0.25) is 0 Å². The number of rotatable bonds is 37. The Balaban J connectivity index is 0.000000179. The number of benzene rings is 7. The molecule has 4 bridgehead atoms. The van der Waals surface area contributed by atoms with E-state index >= 15 is 0 Å². The summed E-state index contributed by atoms with van der Waals surface area (Å²) in [7, 11) is 0. The summed E-state index contributed by atoms with van der Waals surface area (Å²) < 4.78 is 61.1. The zero-order valence-corrected chi connectivity index (χ0v) is 87.4. The number of phenols is 2. The van der Waals surface area contributed by atoms with Crippen LogP contribution in [0.2, 0.25) is 0 Å². The van der Waals surface area contributed by atoms with Crippen molar-refractivity contribution in [3.05, 3.63) is 209 Å². The predicted octanol–water partition coefficient (Wildman–Crippen LogP) is 34.2. The van der Waals surface area contributed by atoms with Crippen LogP contribution in [-0.4, -0.2) is 72.2 Å². The Kier molecular flexibility index (Phi) is 46.7. The maximum atomic E-state index is 9.01. The maximum absolute atomic E-state index is 9.01. The quantitative estimate of drug-likeness (QED) is 0.0359. The molecule has 22 unspecified atom stereocenters. The molecule has 8 fully saturated rings. The van der Waals surface area contributed by atoms with E-state index in [1.54, 1.807) is 24.3 Å². The average molecular weight is 1830 g/mol. The van der Waals surface area contributed by atoms with Crippen LogP contribution >= 0.6 is 0 Å². The SMILES string of the molecule is CCC(C)c1ccc(O)cc1.CCC(C)c1ccc(O)cc1.CCC(C)c1ccc(OC(C)OC(C)C)cc1.CCC(C)c1ccc(OC(C)OC2CCCCC2)cc1.CCC(C)c1ccc(OC(OC(C)C)C(C)C)cc1.CCC(C)c1ccc(OC(OC2CC3CC2C2CCCC32)C(C)C)cc1.CCC(C)c1ccc(OC(OC2CC3CC2C2CCCC32)C2CCCCC2)cc1. The number of hydrogen-bond donors (Lipinski definition) is 2. The zero-order chi connectivity index (χ0) is 96.2. The first-order valence-electron chi connectivity index (χ1n) is 53.6. The molecule has 8 aliphatic rings. The highest BCUT2D eigenvalue weighted by molar-refractivity contribution is 5.35. The smallest absolute Gasteiger partial charge is 0.202 e. The van der Waals surface area contributed by atoms with Crippen molar-refractivity contribution in [2.45, 2.75) is 443 Å². The standard InChI is InChI=1S/C27H40O2.C24H36O2.C18H28O2.C17H28O2.C15H24O2.2C10H14O/c1-3-18(2)19-12-14-22(15-13-19)28-27(20-8-5-4-6-9-20)29-26-17-21-16-25(26)24-11-7-10-23(21)24;1-5-16(4)17-9-11-19(12-10-17)25-24(15(2)3)26-23-14-18-13-22(23)21-8-6-7-20(18)21;1-4-14(2)16-10-12-18(13-11-16)20-15(3)19-17-8-6-5-7-9-17;1-7-14(6)15-8-10-16(11-9-15)19-17(12(2)3)18-13(4)5;1-6-12(4)14-7-9-15(10-8-14)17-13(5)16-11(2)3;2*1-3-8(2)9-4-6-10(11)7-5-9/h12-15,18,20-21,23-27H,3-11,16-17H2,1-2H3;9-12,15-16,18,20-24H,5-8,13-14H2,1-4H3;10-15,17H,4-9H2,1-3H3;8-14,17H,7H2,1-6H3;7-13H,6H2,1-5H3;2*4-8,11H,3H2,1-2H3. The van der Waals surface area contributed by atoms with E-state index in [0.29, 0.717) is 89.0 Å². The normalized spacial score (nSPS) is 23.8. The Labute approximate surface area is 809 Å². The van der Waals surface area contributed by atoms with Crippen LogP contribution in [0.25, 0.3) is 0 Å². The van der Waals surface area contributed by atoms with E-state index in [-0.39, 0.29) is 43.7 Å². The van der Waals surface area contributed by atoms with Crippen molar-refractivity contribution in [1.82, 2.24) is 0 Å². The third kappa shape index (κ3) is 34.8. The van der Waals surface area contributed by atoms with E-state index in [9.17, 15) is 0 Å². The molecule has 0 saturated heterocycles. The molecular weight excluding hydrogens is 1650 g/mol. The van der Waals surface area contributed by atoms with Gasteiger partial charge in [0.05, 0.1) is 30.5 Å². The summed E-state index contributed by atoms with van der Waals surface area (Å²) >= 11 is 0. The first-order valence-corrected chi connectivity index (χ1v) is 53.6. The number of ether oxygens (including phenoxy) is 10. The third-order valence-electron chi connectivity index (χ3n) is 31.1. The second-order valence-corrected chi connectivity index (χ2v) is 42.3.